The minimum absolute atomic E-state index is 0. The molecule has 36 heavy (non-hydrogen) atoms. The van der Waals surface area contributed by atoms with Crippen LogP contribution in [0.5, 0.6) is 0 Å². The second-order valence-electron chi connectivity index (χ2n) is 7.27. The van der Waals surface area contributed by atoms with Crippen molar-refractivity contribution in [1.82, 2.24) is 9.97 Å². The van der Waals surface area contributed by atoms with E-state index in [1.165, 1.54) is 30.1 Å². The Morgan fingerprint density at radius 3 is 2.67 bits per heavy atom. The minimum Gasteiger partial charge on any atom is -0.766 e. The largest absolute Gasteiger partial charge is 3.00 e. The maximum Gasteiger partial charge on any atom is 3.00 e. The van der Waals surface area contributed by atoms with Gasteiger partial charge in [-0.2, -0.15) is 41.9 Å². The van der Waals surface area contributed by atoms with E-state index in [4.69, 9.17) is 25.8 Å². The number of fused-ring (bicyclic) bond motifs is 1. The summed E-state index contributed by atoms with van der Waals surface area (Å²) in [5, 5.41) is 4.25. The van der Waals surface area contributed by atoms with Gasteiger partial charge in [-0.05, 0) is 43.8 Å². The van der Waals surface area contributed by atoms with Crippen molar-refractivity contribution in [3.05, 3.63) is 143 Å². The Morgan fingerprint density at radius 2 is 2.06 bits per heavy atom. The number of aromatic nitrogens is 2. The predicted octanol–water partition coefficient (Wildman–Crippen LogP) is 7.89. The van der Waals surface area contributed by atoms with Crippen LogP contribution < -0.4 is 0 Å². The topological polar surface area (TPSA) is 39.9 Å². The number of aryl methyl sites for hydroxylation is 3. The van der Waals surface area contributed by atoms with Crippen LogP contribution >= 0.6 is 11.8 Å². The first kappa shape index (κ1) is 14.9. The zero-order valence-electron chi connectivity index (χ0n) is 33.1. The van der Waals surface area contributed by atoms with Gasteiger partial charge in [-0.15, -0.1) is 24.9 Å². The Morgan fingerprint density at radius 1 is 1.19 bits per heavy atom. The van der Waals surface area contributed by atoms with E-state index in [2.05, 4.69) is 27.9 Å². The molecule has 0 radical (unpaired) electrons. The van der Waals surface area contributed by atoms with E-state index >= 15 is 0 Å². The molecule has 0 fully saturated rings. The van der Waals surface area contributed by atoms with E-state index in [9.17, 15) is 0 Å². The number of allylic oxidation sites excluding steroid dienone is 4. The third-order valence-corrected chi connectivity index (χ3v) is 6.09. The fourth-order valence-corrected chi connectivity index (χ4v) is 4.46. The standard InChI is InChI=1S/C18H18N2S.C7H7.C6H7N.Ir/c1-5-14-15-8-7-12(3)20-18(15)21-17(14)13(4)16-9-6-11(2)10-19-16;1-7-5-3-2-4-6-7;1-6-3-2-4-7-5-6;/h4-9,14,17H,1,10H2,2-3H3;2-3,5-6H,1H3;2-5H,1H3;/q-2;-1;;+3/i2D3,3D3,6D,9D;2*1D3;. The Labute approximate surface area is 254 Å². The molecule has 0 bridgehead atoms. The van der Waals surface area contributed by atoms with Crippen LogP contribution in [0.3, 0.4) is 0 Å². The van der Waals surface area contributed by atoms with Crippen molar-refractivity contribution in [2.75, 3.05) is 6.54 Å². The monoisotopic (exact) mass is 685 g/mol. The van der Waals surface area contributed by atoms with Gasteiger partial charge >= 0.3 is 20.1 Å². The molecule has 0 saturated heterocycles. The molecule has 2 unspecified atom stereocenters. The van der Waals surface area contributed by atoms with Crippen molar-refractivity contribution in [1.29, 1.82) is 0 Å². The number of hydrogen-bond acceptors (Lipinski definition) is 3. The van der Waals surface area contributed by atoms with Crippen molar-refractivity contribution in [3.63, 3.8) is 0 Å². The van der Waals surface area contributed by atoms with Crippen molar-refractivity contribution in [3.8, 4) is 0 Å². The number of benzene rings is 1. The first-order valence-corrected chi connectivity index (χ1v) is 11.3. The van der Waals surface area contributed by atoms with E-state index in [0.29, 0.717) is 10.6 Å². The van der Waals surface area contributed by atoms with Crippen LogP contribution in [0, 0.1) is 33.2 Å². The first-order chi connectivity index (χ1) is 22.6. The molecule has 2 aliphatic rings. The number of nitrogens with zero attached hydrogens (tertiary/aromatic N) is 3. The van der Waals surface area contributed by atoms with E-state index in [1.807, 2.05) is 0 Å². The molecule has 5 heteroatoms. The summed E-state index contributed by atoms with van der Waals surface area (Å²) in [7, 11) is 0. The van der Waals surface area contributed by atoms with E-state index < -0.39 is 38.7 Å². The summed E-state index contributed by atoms with van der Waals surface area (Å²) in [6, 6.07) is 14.7. The zero-order chi connectivity index (χ0) is 36.9. The maximum absolute atomic E-state index is 8.20. The molecule has 2 aliphatic heterocycles. The summed E-state index contributed by atoms with van der Waals surface area (Å²) in [6.07, 6.45) is 4.58. The quantitative estimate of drug-likeness (QED) is 0.208. The summed E-state index contributed by atoms with van der Waals surface area (Å²) < 4.78 is 103. The SMILES string of the molecule is [2H]C([2H])([2H])c1c[c-]ccc1.[2H]C([2H])([2H])c1cccnc1.[2H]C1=C(C(=[CH-])C2Sc3nc(C([2H])([2H])[2H])ccc3C2C=C)[N-]CC(C([2H])([2H])[2H])=C1[2H].[Ir+3]. The van der Waals surface area contributed by atoms with Gasteiger partial charge < -0.3 is 11.0 Å². The Bertz CT molecular complexity index is 1650. The molecule has 3 nitrogen and oxygen atoms in total. The summed E-state index contributed by atoms with van der Waals surface area (Å²) in [5.74, 6) is -0.286. The van der Waals surface area contributed by atoms with Crippen LogP contribution in [0.2, 0.25) is 0 Å². The molecule has 5 rings (SSSR count). The molecule has 2 atom stereocenters. The van der Waals surface area contributed by atoms with Crippen molar-refractivity contribution in [2.24, 2.45) is 0 Å². The van der Waals surface area contributed by atoms with Gasteiger partial charge in [0.05, 0.1) is 1.37 Å². The van der Waals surface area contributed by atoms with Crippen molar-refractivity contribution in [2.45, 2.75) is 43.6 Å². The molecule has 0 N–H and O–H groups in total. The van der Waals surface area contributed by atoms with Crippen LogP contribution in [0.1, 0.15) is 54.3 Å². The number of pyridine rings is 2. The Hall–Kier alpha value is -2.72. The van der Waals surface area contributed by atoms with Crippen LogP contribution in [-0.2, 0) is 20.1 Å². The molecule has 0 saturated carbocycles. The average molecular weight is 685 g/mol. The predicted molar refractivity (Wildman–Crippen MR) is 148 cm³/mol. The Kier molecular flexibility index (Phi) is 6.09. The molecule has 3 aromatic rings. The second-order valence-corrected chi connectivity index (χ2v) is 8.40. The van der Waals surface area contributed by atoms with Gasteiger partial charge in [0.25, 0.3) is 0 Å². The fourth-order valence-electron chi connectivity index (χ4n) is 3.09. The fraction of sp³-hybridized carbons (Fsp3) is 0.226. The van der Waals surface area contributed by atoms with Crippen LogP contribution in [0.25, 0.3) is 5.32 Å². The minimum atomic E-state index is -2.50. The van der Waals surface area contributed by atoms with Crippen LogP contribution in [0.15, 0.2) is 108 Å². The number of thioether (sulfide) groups is 1. The summed E-state index contributed by atoms with van der Waals surface area (Å²) in [4.78, 5) is 7.94. The summed E-state index contributed by atoms with van der Waals surface area (Å²) in [6.45, 7) is 1.09. The van der Waals surface area contributed by atoms with Crippen LogP contribution in [0.4, 0.5) is 0 Å². The van der Waals surface area contributed by atoms with Gasteiger partial charge in [-0.3, -0.25) is 11.6 Å². The normalized spacial score (nSPS) is 24.9. The van der Waals surface area contributed by atoms with Gasteiger partial charge in [0, 0.05) is 47.1 Å². The second kappa shape index (κ2) is 14.7. The number of rotatable bonds is 3. The molecule has 4 heterocycles. The van der Waals surface area contributed by atoms with Crippen molar-refractivity contribution >= 4 is 11.8 Å². The smallest absolute Gasteiger partial charge is 0.766 e. The molecule has 0 aliphatic carbocycles. The summed E-state index contributed by atoms with van der Waals surface area (Å²) in [5.41, 5.74) is 1.49. The molecular formula is C31H32IrN3S. The zero-order valence-corrected chi connectivity index (χ0v) is 22.3. The van der Waals surface area contributed by atoms with Gasteiger partial charge in [0.1, 0.15) is 5.03 Å². The van der Waals surface area contributed by atoms with E-state index in [0.717, 1.165) is 5.56 Å². The number of hydrogen-bond donors (Lipinski definition) is 0. The maximum atomic E-state index is 8.20. The van der Waals surface area contributed by atoms with Gasteiger partial charge in [-0.25, -0.2) is 10.6 Å². The molecular weight excluding hydrogens is 639 g/mol. The molecule has 0 spiro atoms. The van der Waals surface area contributed by atoms with Crippen molar-refractivity contribution < 1.29 is 39.3 Å². The molecule has 186 valence electrons. The Balaban J connectivity index is 0.000000336. The van der Waals surface area contributed by atoms with Crippen LogP contribution in [-0.4, -0.2) is 21.8 Å². The van der Waals surface area contributed by atoms with E-state index in [1.54, 1.807) is 48.7 Å². The summed E-state index contributed by atoms with van der Waals surface area (Å²) >= 11 is 1.25. The van der Waals surface area contributed by atoms with Gasteiger partial charge in [0.2, 0.25) is 0 Å². The third kappa shape index (κ3) is 8.44. The average Bonchev–Trinajstić information content (AvgIpc) is 3.40. The third-order valence-electron chi connectivity index (χ3n) is 4.74. The first-order valence-electron chi connectivity index (χ1n) is 17.5. The molecule has 2 aromatic heterocycles. The van der Waals surface area contributed by atoms with Gasteiger partial charge in [0.15, 0.2) is 0 Å². The molecule has 1 aromatic carbocycles. The molecule has 0 amide bonds. The van der Waals surface area contributed by atoms with Gasteiger partial charge in [-0.1, -0.05) is 36.7 Å². The van der Waals surface area contributed by atoms with E-state index in [-0.39, 0.29) is 66.7 Å².